The number of carbonyl (C=O) groups is 1. The monoisotopic (exact) mass is 299 g/mol. The quantitative estimate of drug-likeness (QED) is 0.631. The second-order valence-electron chi connectivity index (χ2n) is 3.17. The molecule has 0 N–H and O–H groups in total. The molecule has 19 heavy (non-hydrogen) atoms. The Morgan fingerprint density at radius 3 is 2.47 bits per heavy atom. The Morgan fingerprint density at radius 1 is 1.42 bits per heavy atom. The molecule has 0 aliphatic carbocycles. The first kappa shape index (κ1) is 15.4. The molecule has 1 aromatic rings. The van der Waals surface area contributed by atoms with Crippen LogP contribution in [0.3, 0.4) is 0 Å². The molecule has 1 rings (SSSR count). The third kappa shape index (κ3) is 3.88. The lowest BCUT2D eigenvalue weighted by Crippen LogP contribution is -2.20. The SMILES string of the molecule is COC(=O)c1cc(CCl)nc(OC)c1OC(F)(F)F. The first-order valence-corrected chi connectivity index (χ1v) is 5.33. The van der Waals surface area contributed by atoms with Gasteiger partial charge in [-0.05, 0) is 6.07 Å². The Labute approximate surface area is 111 Å². The summed E-state index contributed by atoms with van der Waals surface area (Å²) >= 11 is 5.53. The summed E-state index contributed by atoms with van der Waals surface area (Å²) in [6.07, 6.45) is -5.00. The van der Waals surface area contributed by atoms with Gasteiger partial charge in [-0.1, -0.05) is 0 Å². The molecule has 0 aromatic carbocycles. The molecular formula is C10H9ClF3NO4. The number of hydrogen-bond donors (Lipinski definition) is 0. The van der Waals surface area contributed by atoms with Gasteiger partial charge in [0.2, 0.25) is 5.75 Å². The van der Waals surface area contributed by atoms with Crippen molar-refractivity contribution in [3.8, 4) is 11.6 Å². The van der Waals surface area contributed by atoms with Gasteiger partial charge >= 0.3 is 12.3 Å². The van der Waals surface area contributed by atoms with E-state index in [2.05, 4.69) is 19.2 Å². The van der Waals surface area contributed by atoms with Crippen molar-refractivity contribution in [3.63, 3.8) is 0 Å². The summed E-state index contributed by atoms with van der Waals surface area (Å²) in [4.78, 5) is 15.1. The molecule has 0 radical (unpaired) electrons. The fourth-order valence-corrected chi connectivity index (χ4v) is 1.38. The maximum atomic E-state index is 12.3. The Hall–Kier alpha value is -1.70. The summed E-state index contributed by atoms with van der Waals surface area (Å²) in [6, 6.07) is 1.04. The van der Waals surface area contributed by atoms with Crippen molar-refractivity contribution >= 4 is 17.6 Å². The highest BCUT2D eigenvalue weighted by atomic mass is 35.5. The molecule has 0 fully saturated rings. The second kappa shape index (κ2) is 5.96. The van der Waals surface area contributed by atoms with Gasteiger partial charge in [-0.25, -0.2) is 9.78 Å². The van der Waals surface area contributed by atoms with Crippen molar-refractivity contribution < 1.29 is 32.2 Å². The summed E-state index contributed by atoms with van der Waals surface area (Å²) in [5.41, 5.74) is -0.323. The van der Waals surface area contributed by atoms with Crippen LogP contribution in [0.1, 0.15) is 16.1 Å². The normalized spacial score (nSPS) is 11.1. The van der Waals surface area contributed by atoms with E-state index < -0.39 is 29.5 Å². The Balaban J connectivity index is 3.41. The number of ether oxygens (including phenoxy) is 3. The minimum absolute atomic E-state index is 0.118. The molecule has 0 aliphatic heterocycles. The van der Waals surface area contributed by atoms with Gasteiger partial charge in [0.25, 0.3) is 5.88 Å². The number of nitrogens with zero attached hydrogens (tertiary/aromatic N) is 1. The third-order valence-corrected chi connectivity index (χ3v) is 2.22. The zero-order valence-corrected chi connectivity index (χ0v) is 10.6. The molecule has 5 nitrogen and oxygen atoms in total. The highest BCUT2D eigenvalue weighted by Gasteiger charge is 2.36. The molecule has 0 atom stereocenters. The average Bonchev–Trinajstić information content (AvgIpc) is 2.36. The molecule has 1 heterocycles. The first-order chi connectivity index (χ1) is 8.82. The van der Waals surface area contributed by atoms with Gasteiger partial charge < -0.3 is 14.2 Å². The molecular weight excluding hydrogens is 291 g/mol. The summed E-state index contributed by atoms with van der Waals surface area (Å²) in [5.74, 6) is -2.51. The number of pyridine rings is 1. The van der Waals surface area contributed by atoms with E-state index in [1.165, 1.54) is 0 Å². The molecule has 0 spiro atoms. The van der Waals surface area contributed by atoms with Gasteiger partial charge in [-0.3, -0.25) is 0 Å². The second-order valence-corrected chi connectivity index (χ2v) is 3.44. The minimum Gasteiger partial charge on any atom is -0.478 e. The van der Waals surface area contributed by atoms with Gasteiger partial charge in [0.05, 0.1) is 25.8 Å². The summed E-state index contributed by atoms with van der Waals surface area (Å²) in [5, 5.41) is 0. The van der Waals surface area contributed by atoms with Crippen LogP contribution in [0.2, 0.25) is 0 Å². The maximum absolute atomic E-state index is 12.3. The van der Waals surface area contributed by atoms with Crippen molar-refractivity contribution in [1.29, 1.82) is 0 Å². The van der Waals surface area contributed by atoms with Crippen molar-refractivity contribution in [1.82, 2.24) is 4.98 Å². The number of aromatic nitrogens is 1. The lowest BCUT2D eigenvalue weighted by Gasteiger charge is -2.15. The van der Waals surface area contributed by atoms with Crippen LogP contribution in [0.15, 0.2) is 6.07 Å². The number of carbonyl (C=O) groups excluding carboxylic acids is 1. The van der Waals surface area contributed by atoms with E-state index in [1.54, 1.807) is 0 Å². The molecule has 1 aromatic heterocycles. The smallest absolute Gasteiger partial charge is 0.478 e. The molecule has 0 amide bonds. The zero-order valence-electron chi connectivity index (χ0n) is 9.88. The third-order valence-electron chi connectivity index (χ3n) is 1.95. The van der Waals surface area contributed by atoms with Crippen LogP contribution in [0.5, 0.6) is 11.6 Å². The van der Waals surface area contributed by atoms with E-state index in [-0.39, 0.29) is 11.6 Å². The predicted octanol–water partition coefficient (Wildman–Crippen LogP) is 2.51. The zero-order chi connectivity index (χ0) is 14.6. The van der Waals surface area contributed by atoms with Crippen LogP contribution in [0.4, 0.5) is 13.2 Å². The van der Waals surface area contributed by atoms with Crippen LogP contribution in [0.25, 0.3) is 0 Å². The Bertz CT molecular complexity index is 479. The number of rotatable bonds is 4. The Morgan fingerprint density at radius 2 is 2.05 bits per heavy atom. The number of alkyl halides is 4. The van der Waals surface area contributed by atoms with Crippen molar-refractivity contribution in [2.45, 2.75) is 12.2 Å². The number of hydrogen-bond acceptors (Lipinski definition) is 5. The van der Waals surface area contributed by atoms with Crippen molar-refractivity contribution in [2.24, 2.45) is 0 Å². The fraction of sp³-hybridized carbons (Fsp3) is 0.400. The summed E-state index contributed by atoms with van der Waals surface area (Å²) < 4.78 is 49.7. The highest BCUT2D eigenvalue weighted by molar-refractivity contribution is 6.17. The molecule has 0 aliphatic rings. The molecule has 106 valence electrons. The molecule has 0 unspecified atom stereocenters. The number of halogens is 4. The van der Waals surface area contributed by atoms with Crippen LogP contribution >= 0.6 is 11.6 Å². The maximum Gasteiger partial charge on any atom is 0.573 e. The van der Waals surface area contributed by atoms with Gasteiger partial charge in [0.15, 0.2) is 0 Å². The van der Waals surface area contributed by atoms with Gasteiger partial charge in [-0.2, -0.15) is 0 Å². The van der Waals surface area contributed by atoms with E-state index in [9.17, 15) is 18.0 Å². The van der Waals surface area contributed by atoms with E-state index in [1.807, 2.05) is 0 Å². The van der Waals surface area contributed by atoms with Crippen LogP contribution in [0, 0.1) is 0 Å². The van der Waals surface area contributed by atoms with E-state index in [4.69, 9.17) is 11.6 Å². The van der Waals surface area contributed by atoms with Crippen LogP contribution in [-0.2, 0) is 10.6 Å². The number of esters is 1. The van der Waals surface area contributed by atoms with Gasteiger partial charge in [0.1, 0.15) is 5.56 Å². The molecule has 0 saturated carbocycles. The van der Waals surface area contributed by atoms with Crippen molar-refractivity contribution in [2.75, 3.05) is 14.2 Å². The number of methoxy groups -OCH3 is 2. The minimum atomic E-state index is -5.00. The first-order valence-electron chi connectivity index (χ1n) is 4.80. The lowest BCUT2D eigenvalue weighted by molar-refractivity contribution is -0.275. The fourth-order valence-electron chi connectivity index (χ4n) is 1.24. The topological polar surface area (TPSA) is 57.7 Å². The van der Waals surface area contributed by atoms with Gasteiger partial charge in [-0.15, -0.1) is 24.8 Å². The molecule has 0 bridgehead atoms. The van der Waals surface area contributed by atoms with Crippen LogP contribution < -0.4 is 9.47 Å². The van der Waals surface area contributed by atoms with Crippen molar-refractivity contribution in [3.05, 3.63) is 17.3 Å². The lowest BCUT2D eigenvalue weighted by atomic mass is 10.2. The average molecular weight is 300 g/mol. The van der Waals surface area contributed by atoms with Crippen LogP contribution in [-0.4, -0.2) is 31.5 Å². The Kier molecular flexibility index (Phi) is 4.82. The standard InChI is InChI=1S/C10H9ClF3NO4/c1-17-8-7(19-10(12,13)14)6(9(16)18-2)3-5(4-11)15-8/h3H,4H2,1-2H3. The highest BCUT2D eigenvalue weighted by Crippen LogP contribution is 2.35. The molecule has 9 heteroatoms. The van der Waals surface area contributed by atoms with E-state index >= 15 is 0 Å². The molecule has 0 saturated heterocycles. The predicted molar refractivity (Wildman–Crippen MR) is 58.4 cm³/mol. The van der Waals surface area contributed by atoms with E-state index in [0.29, 0.717) is 0 Å². The van der Waals surface area contributed by atoms with Gasteiger partial charge in [0, 0.05) is 0 Å². The summed E-state index contributed by atoms with van der Waals surface area (Å²) in [6.45, 7) is 0. The summed E-state index contributed by atoms with van der Waals surface area (Å²) in [7, 11) is 2.11. The van der Waals surface area contributed by atoms with E-state index in [0.717, 1.165) is 20.3 Å². The largest absolute Gasteiger partial charge is 0.573 e.